The molecule has 0 aliphatic rings. The second-order valence-electron chi connectivity index (χ2n) is 3.32. The number of aromatic nitrogens is 2. The topological polar surface area (TPSA) is 94.0 Å². The van der Waals surface area contributed by atoms with Crippen LogP contribution in [0.4, 0.5) is 0 Å². The Balaban J connectivity index is 2.00. The van der Waals surface area contributed by atoms with Crippen LogP contribution in [0.15, 0.2) is 4.42 Å². The van der Waals surface area contributed by atoms with Gasteiger partial charge in [0.05, 0.1) is 6.54 Å². The van der Waals surface area contributed by atoms with Crippen LogP contribution in [0.5, 0.6) is 0 Å². The summed E-state index contributed by atoms with van der Waals surface area (Å²) >= 11 is 0. The molecule has 6 heteroatoms. The number of carbonyl (C=O) groups is 1. The molecule has 0 bridgehead atoms. The van der Waals surface area contributed by atoms with E-state index in [0.29, 0.717) is 24.7 Å². The molecule has 1 amide bonds. The Hall–Kier alpha value is -1.43. The van der Waals surface area contributed by atoms with Gasteiger partial charge in [0.15, 0.2) is 0 Å². The average Bonchev–Trinajstić information content (AvgIpc) is 2.57. The first-order valence-electron chi connectivity index (χ1n) is 4.96. The number of carbonyl (C=O) groups excluding carboxylic acids is 1. The highest BCUT2D eigenvalue weighted by molar-refractivity contribution is 5.73. The molecule has 0 saturated heterocycles. The minimum atomic E-state index is -0.248. The van der Waals surface area contributed by atoms with E-state index >= 15 is 0 Å². The number of nitrogens with one attached hydrogen (secondary N) is 1. The van der Waals surface area contributed by atoms with Crippen molar-refractivity contribution in [1.29, 1.82) is 0 Å². The Labute approximate surface area is 88.2 Å². The van der Waals surface area contributed by atoms with Crippen LogP contribution in [-0.4, -0.2) is 22.6 Å². The highest BCUT2D eigenvalue weighted by Crippen LogP contribution is 1.97. The van der Waals surface area contributed by atoms with Gasteiger partial charge in [-0.05, 0) is 19.4 Å². The second-order valence-corrected chi connectivity index (χ2v) is 3.32. The lowest BCUT2D eigenvalue weighted by Crippen LogP contribution is -2.16. The number of hydrogen-bond donors (Lipinski definition) is 2. The van der Waals surface area contributed by atoms with Crippen molar-refractivity contribution in [2.24, 2.45) is 5.73 Å². The van der Waals surface area contributed by atoms with Crippen molar-refractivity contribution in [3.8, 4) is 0 Å². The molecule has 1 aromatic rings. The predicted molar refractivity (Wildman–Crippen MR) is 53.8 cm³/mol. The summed E-state index contributed by atoms with van der Waals surface area (Å²) in [6.07, 6.45) is 2.17. The molecular formula is C9H16N4O2. The summed E-state index contributed by atoms with van der Waals surface area (Å²) in [7, 11) is 0. The molecule has 0 aliphatic carbocycles. The van der Waals surface area contributed by atoms with Gasteiger partial charge in [-0.3, -0.25) is 4.79 Å². The molecule has 0 aliphatic heterocycles. The number of nitrogens with two attached hydrogens (primary N) is 1. The van der Waals surface area contributed by atoms with E-state index < -0.39 is 0 Å². The third kappa shape index (κ3) is 5.11. The van der Waals surface area contributed by atoms with E-state index in [1.165, 1.54) is 0 Å². The number of aryl methyl sites for hydroxylation is 1. The van der Waals surface area contributed by atoms with Gasteiger partial charge in [-0.2, -0.15) is 0 Å². The van der Waals surface area contributed by atoms with Crippen molar-refractivity contribution in [1.82, 2.24) is 15.5 Å². The van der Waals surface area contributed by atoms with Crippen LogP contribution < -0.4 is 11.1 Å². The van der Waals surface area contributed by atoms with E-state index in [4.69, 9.17) is 10.2 Å². The van der Waals surface area contributed by atoms with Crippen LogP contribution in [0.3, 0.4) is 0 Å². The molecule has 0 spiro atoms. The van der Waals surface area contributed by atoms with Crippen molar-refractivity contribution in [3.63, 3.8) is 0 Å². The molecule has 3 N–H and O–H groups in total. The van der Waals surface area contributed by atoms with Gasteiger partial charge in [0.2, 0.25) is 17.7 Å². The highest BCUT2D eigenvalue weighted by Gasteiger charge is 2.00. The first kappa shape index (κ1) is 11.6. The number of nitrogens with zero attached hydrogens (tertiary/aromatic N) is 2. The first-order chi connectivity index (χ1) is 7.18. The first-order valence-corrected chi connectivity index (χ1v) is 4.96. The van der Waals surface area contributed by atoms with Gasteiger partial charge in [-0.15, -0.1) is 10.2 Å². The zero-order valence-electron chi connectivity index (χ0n) is 8.82. The zero-order valence-corrected chi connectivity index (χ0v) is 8.82. The Bertz CT molecular complexity index is 311. The van der Waals surface area contributed by atoms with Crippen LogP contribution in [-0.2, 0) is 11.3 Å². The van der Waals surface area contributed by atoms with Crippen LogP contribution in [0.1, 0.15) is 31.0 Å². The maximum atomic E-state index is 10.4. The van der Waals surface area contributed by atoms with Crippen molar-refractivity contribution in [3.05, 3.63) is 11.8 Å². The number of hydrogen-bond acceptors (Lipinski definition) is 5. The Morgan fingerprint density at radius 2 is 2.27 bits per heavy atom. The Kier molecular flexibility index (Phi) is 4.76. The van der Waals surface area contributed by atoms with Crippen LogP contribution >= 0.6 is 0 Å². The SMILES string of the molecule is Cc1nnc(CNCCCCC(N)=O)o1. The lowest BCUT2D eigenvalue weighted by molar-refractivity contribution is -0.118. The van der Waals surface area contributed by atoms with Gasteiger partial charge in [-0.25, -0.2) is 0 Å². The summed E-state index contributed by atoms with van der Waals surface area (Å²) in [5.41, 5.74) is 5.01. The summed E-state index contributed by atoms with van der Waals surface area (Å²) in [6, 6.07) is 0. The quantitative estimate of drug-likeness (QED) is 0.626. The van der Waals surface area contributed by atoms with Crippen molar-refractivity contribution < 1.29 is 9.21 Å². The molecule has 0 unspecified atom stereocenters. The number of rotatable bonds is 7. The van der Waals surface area contributed by atoms with Crippen molar-refractivity contribution in [2.45, 2.75) is 32.7 Å². The van der Waals surface area contributed by atoms with Gasteiger partial charge >= 0.3 is 0 Å². The van der Waals surface area contributed by atoms with Gasteiger partial charge in [0, 0.05) is 13.3 Å². The lowest BCUT2D eigenvalue weighted by atomic mass is 10.2. The van der Waals surface area contributed by atoms with Gasteiger partial charge < -0.3 is 15.5 Å². The molecular weight excluding hydrogens is 196 g/mol. The fraction of sp³-hybridized carbons (Fsp3) is 0.667. The molecule has 0 saturated carbocycles. The van der Waals surface area contributed by atoms with E-state index in [2.05, 4.69) is 15.5 Å². The average molecular weight is 212 g/mol. The van der Waals surface area contributed by atoms with Gasteiger partial charge in [0.25, 0.3) is 0 Å². The molecule has 0 aromatic carbocycles. The number of amides is 1. The number of unbranched alkanes of at least 4 members (excludes halogenated alkanes) is 1. The van der Waals surface area contributed by atoms with Gasteiger partial charge in [0.1, 0.15) is 0 Å². The monoisotopic (exact) mass is 212 g/mol. The molecule has 0 atom stereocenters. The van der Waals surface area contributed by atoms with E-state index in [1.807, 2.05) is 0 Å². The maximum absolute atomic E-state index is 10.4. The molecule has 6 nitrogen and oxygen atoms in total. The number of primary amides is 1. The third-order valence-electron chi connectivity index (χ3n) is 1.87. The molecule has 84 valence electrons. The fourth-order valence-corrected chi connectivity index (χ4v) is 1.15. The van der Waals surface area contributed by atoms with E-state index in [0.717, 1.165) is 19.4 Å². The third-order valence-corrected chi connectivity index (χ3v) is 1.87. The largest absolute Gasteiger partial charge is 0.424 e. The molecule has 0 radical (unpaired) electrons. The predicted octanol–water partition coefficient (Wildman–Crippen LogP) is 0.123. The zero-order chi connectivity index (χ0) is 11.1. The highest BCUT2D eigenvalue weighted by atomic mass is 16.4. The molecule has 1 rings (SSSR count). The smallest absolute Gasteiger partial charge is 0.230 e. The van der Waals surface area contributed by atoms with Crippen LogP contribution in [0, 0.1) is 6.92 Å². The van der Waals surface area contributed by atoms with Crippen molar-refractivity contribution in [2.75, 3.05) is 6.54 Å². The van der Waals surface area contributed by atoms with Crippen molar-refractivity contribution >= 4 is 5.91 Å². The normalized spacial score (nSPS) is 10.5. The fourth-order valence-electron chi connectivity index (χ4n) is 1.15. The molecule has 15 heavy (non-hydrogen) atoms. The summed E-state index contributed by atoms with van der Waals surface area (Å²) in [5.74, 6) is 0.908. The molecule has 1 aromatic heterocycles. The van der Waals surface area contributed by atoms with Crippen LogP contribution in [0.25, 0.3) is 0 Å². The summed E-state index contributed by atoms with van der Waals surface area (Å²) < 4.78 is 5.17. The second kappa shape index (κ2) is 6.13. The minimum absolute atomic E-state index is 0.248. The van der Waals surface area contributed by atoms with E-state index in [-0.39, 0.29) is 5.91 Å². The molecule has 0 fully saturated rings. The van der Waals surface area contributed by atoms with Crippen LogP contribution in [0.2, 0.25) is 0 Å². The van der Waals surface area contributed by atoms with E-state index in [9.17, 15) is 4.79 Å². The maximum Gasteiger partial charge on any atom is 0.230 e. The summed E-state index contributed by atoms with van der Waals surface area (Å²) in [4.78, 5) is 10.4. The van der Waals surface area contributed by atoms with E-state index in [1.54, 1.807) is 6.92 Å². The Morgan fingerprint density at radius 1 is 1.47 bits per heavy atom. The standard InChI is InChI=1S/C9H16N4O2/c1-7-12-13-9(15-7)6-11-5-3-2-4-8(10)14/h11H,2-6H2,1H3,(H2,10,14). The Morgan fingerprint density at radius 3 is 2.87 bits per heavy atom. The summed E-state index contributed by atoms with van der Waals surface area (Å²) in [6.45, 7) is 3.13. The molecule has 1 heterocycles. The lowest BCUT2D eigenvalue weighted by Gasteiger charge is -2.00. The summed E-state index contributed by atoms with van der Waals surface area (Å²) in [5, 5.41) is 10.7. The van der Waals surface area contributed by atoms with Gasteiger partial charge in [-0.1, -0.05) is 0 Å². The minimum Gasteiger partial charge on any atom is -0.424 e.